The fourth-order valence-electron chi connectivity index (χ4n) is 1.96. The predicted molar refractivity (Wildman–Crippen MR) is 77.2 cm³/mol. The van der Waals surface area contributed by atoms with Crippen molar-refractivity contribution in [2.75, 3.05) is 0 Å². The zero-order chi connectivity index (χ0) is 14.1. The van der Waals surface area contributed by atoms with E-state index in [-0.39, 0.29) is 0 Å². The van der Waals surface area contributed by atoms with E-state index in [1.54, 1.807) is 29.3 Å². The Morgan fingerprint density at radius 2 is 2.05 bits per heavy atom. The lowest BCUT2D eigenvalue weighted by Crippen LogP contribution is -1.95. The maximum Gasteiger partial charge on any atom is 0.161 e. The average Bonchev–Trinajstić information content (AvgIpc) is 2.85. The Balaban J connectivity index is 2.14. The second-order valence-electron chi connectivity index (χ2n) is 4.49. The molecule has 3 aromatic heterocycles. The van der Waals surface area contributed by atoms with Crippen LogP contribution < -0.4 is 0 Å². The van der Waals surface area contributed by atoms with Gasteiger partial charge in [0.05, 0.1) is 11.9 Å². The molecule has 0 radical (unpaired) electrons. The number of aromatic nitrogens is 5. The third-order valence-corrected chi connectivity index (χ3v) is 3.15. The summed E-state index contributed by atoms with van der Waals surface area (Å²) >= 11 is 6.11. The predicted octanol–water partition coefficient (Wildman–Crippen LogP) is 2.90. The summed E-state index contributed by atoms with van der Waals surface area (Å²) in [5.41, 5.74) is 3.59. The number of hydrogen-bond donors (Lipinski definition) is 0. The smallest absolute Gasteiger partial charge is 0.161 e. The van der Waals surface area contributed by atoms with Crippen molar-refractivity contribution in [3.63, 3.8) is 0 Å². The number of nitrogens with zero attached hydrogens (tertiary/aromatic N) is 5. The first kappa shape index (κ1) is 12.7. The first-order valence-electron chi connectivity index (χ1n) is 6.08. The van der Waals surface area contributed by atoms with Gasteiger partial charge in [-0.25, -0.2) is 9.97 Å². The van der Waals surface area contributed by atoms with Gasteiger partial charge >= 0.3 is 0 Å². The van der Waals surface area contributed by atoms with Crippen LogP contribution in [-0.4, -0.2) is 24.7 Å². The summed E-state index contributed by atoms with van der Waals surface area (Å²) in [6, 6.07) is 3.62. The largest absolute Gasteiger partial charge is 0.275 e. The van der Waals surface area contributed by atoms with Crippen LogP contribution in [0.2, 0.25) is 5.15 Å². The van der Waals surface area contributed by atoms with E-state index < -0.39 is 0 Å². The molecule has 6 heteroatoms. The summed E-state index contributed by atoms with van der Waals surface area (Å²) in [7, 11) is 1.86. The summed E-state index contributed by atoms with van der Waals surface area (Å²) in [6.45, 7) is 1.97. The lowest BCUT2D eigenvalue weighted by Gasteiger charge is -2.06. The van der Waals surface area contributed by atoms with E-state index in [0.29, 0.717) is 11.0 Å². The molecule has 0 N–H and O–H groups in total. The molecule has 100 valence electrons. The van der Waals surface area contributed by atoms with Crippen molar-refractivity contribution in [2.24, 2.45) is 7.05 Å². The van der Waals surface area contributed by atoms with Crippen LogP contribution in [0, 0.1) is 6.92 Å². The van der Waals surface area contributed by atoms with Gasteiger partial charge in [-0.3, -0.25) is 9.67 Å². The molecule has 0 saturated carbocycles. The zero-order valence-corrected chi connectivity index (χ0v) is 11.8. The van der Waals surface area contributed by atoms with Crippen LogP contribution in [0.4, 0.5) is 0 Å². The van der Waals surface area contributed by atoms with Crippen LogP contribution in [-0.2, 0) is 7.05 Å². The maximum atomic E-state index is 6.11. The summed E-state index contributed by atoms with van der Waals surface area (Å²) < 4.78 is 1.72. The van der Waals surface area contributed by atoms with Gasteiger partial charge in [-0.15, -0.1) is 0 Å². The van der Waals surface area contributed by atoms with Gasteiger partial charge in [0.2, 0.25) is 0 Å². The number of hydrogen-bond acceptors (Lipinski definition) is 4. The molecule has 0 amide bonds. The maximum absolute atomic E-state index is 6.11. The molecule has 0 saturated heterocycles. The minimum Gasteiger partial charge on any atom is -0.275 e. The number of aryl methyl sites for hydroxylation is 2. The fourth-order valence-corrected chi connectivity index (χ4v) is 2.15. The minimum absolute atomic E-state index is 0.407. The molecule has 3 aromatic rings. The van der Waals surface area contributed by atoms with Gasteiger partial charge < -0.3 is 0 Å². The van der Waals surface area contributed by atoms with Gasteiger partial charge in [0.15, 0.2) is 5.82 Å². The van der Waals surface area contributed by atoms with Crippen molar-refractivity contribution < 1.29 is 0 Å². The van der Waals surface area contributed by atoms with Crippen LogP contribution in [0.15, 0.2) is 36.9 Å². The zero-order valence-electron chi connectivity index (χ0n) is 11.1. The third-order valence-electron chi connectivity index (χ3n) is 2.96. The first-order valence-corrected chi connectivity index (χ1v) is 6.46. The highest BCUT2D eigenvalue weighted by molar-refractivity contribution is 6.29. The molecule has 0 fully saturated rings. The summed E-state index contributed by atoms with van der Waals surface area (Å²) in [6.07, 6.45) is 7.14. The highest BCUT2D eigenvalue weighted by atomic mass is 35.5. The van der Waals surface area contributed by atoms with Gasteiger partial charge in [0, 0.05) is 42.8 Å². The van der Waals surface area contributed by atoms with Gasteiger partial charge in [-0.05, 0) is 18.6 Å². The lowest BCUT2D eigenvalue weighted by atomic mass is 10.1. The quantitative estimate of drug-likeness (QED) is 0.679. The Bertz CT molecular complexity index is 766. The van der Waals surface area contributed by atoms with Crippen LogP contribution in [0.3, 0.4) is 0 Å². The summed E-state index contributed by atoms with van der Waals surface area (Å²) in [4.78, 5) is 12.9. The van der Waals surface area contributed by atoms with E-state index in [2.05, 4.69) is 20.1 Å². The highest BCUT2D eigenvalue weighted by Crippen LogP contribution is 2.25. The standard InChI is InChI=1S/C14H12ClN5/c1-9-6-16-4-3-11(9)14-18-12(5-13(15)19-14)10-7-17-20(2)8-10/h3-8H,1-2H3. The number of rotatable bonds is 2. The Morgan fingerprint density at radius 3 is 2.75 bits per heavy atom. The molecule has 3 rings (SSSR count). The summed E-state index contributed by atoms with van der Waals surface area (Å²) in [5.74, 6) is 0.594. The monoisotopic (exact) mass is 285 g/mol. The second-order valence-corrected chi connectivity index (χ2v) is 4.88. The normalized spacial score (nSPS) is 10.8. The first-order chi connectivity index (χ1) is 9.63. The van der Waals surface area contributed by atoms with E-state index in [4.69, 9.17) is 11.6 Å². The van der Waals surface area contributed by atoms with E-state index in [1.165, 1.54) is 0 Å². The van der Waals surface area contributed by atoms with E-state index >= 15 is 0 Å². The molecular weight excluding hydrogens is 274 g/mol. The lowest BCUT2D eigenvalue weighted by molar-refractivity contribution is 0.768. The van der Waals surface area contributed by atoms with Crippen molar-refractivity contribution >= 4 is 11.6 Å². The Labute approximate surface area is 121 Å². The Kier molecular flexibility index (Phi) is 3.20. The molecule has 0 atom stereocenters. The van der Waals surface area contributed by atoms with Crippen LogP contribution in [0.1, 0.15) is 5.56 Å². The number of pyridine rings is 1. The SMILES string of the molecule is Cc1cnccc1-c1nc(Cl)cc(-c2cnn(C)c2)n1. The molecule has 20 heavy (non-hydrogen) atoms. The Hall–Kier alpha value is -2.27. The van der Waals surface area contributed by atoms with Crippen molar-refractivity contribution in [3.05, 3.63) is 47.6 Å². The van der Waals surface area contributed by atoms with Crippen molar-refractivity contribution in [1.29, 1.82) is 0 Å². The molecule has 0 spiro atoms. The van der Waals surface area contributed by atoms with Crippen molar-refractivity contribution in [3.8, 4) is 22.6 Å². The van der Waals surface area contributed by atoms with Gasteiger partial charge in [-0.2, -0.15) is 5.10 Å². The number of halogens is 1. The van der Waals surface area contributed by atoms with Gasteiger partial charge in [0.25, 0.3) is 0 Å². The van der Waals surface area contributed by atoms with E-state index in [0.717, 1.165) is 22.4 Å². The fraction of sp³-hybridized carbons (Fsp3) is 0.143. The van der Waals surface area contributed by atoms with Crippen molar-refractivity contribution in [2.45, 2.75) is 6.92 Å². The second kappa shape index (κ2) is 5.02. The van der Waals surface area contributed by atoms with E-state index in [9.17, 15) is 0 Å². The minimum atomic E-state index is 0.407. The molecule has 0 bridgehead atoms. The molecule has 0 aliphatic heterocycles. The average molecular weight is 286 g/mol. The van der Waals surface area contributed by atoms with E-state index in [1.807, 2.05) is 26.2 Å². The van der Waals surface area contributed by atoms with Crippen LogP contribution >= 0.6 is 11.6 Å². The third kappa shape index (κ3) is 2.40. The Morgan fingerprint density at radius 1 is 1.20 bits per heavy atom. The molecule has 0 aliphatic rings. The molecule has 0 aliphatic carbocycles. The van der Waals surface area contributed by atoms with Crippen LogP contribution in [0.5, 0.6) is 0 Å². The molecular formula is C14H12ClN5. The topological polar surface area (TPSA) is 56.5 Å². The van der Waals surface area contributed by atoms with Gasteiger partial charge in [-0.1, -0.05) is 11.6 Å². The van der Waals surface area contributed by atoms with Gasteiger partial charge in [0.1, 0.15) is 5.15 Å². The molecule has 3 heterocycles. The molecule has 0 aromatic carbocycles. The summed E-state index contributed by atoms with van der Waals surface area (Å²) in [5, 5.41) is 4.55. The highest BCUT2D eigenvalue weighted by Gasteiger charge is 2.10. The molecule has 5 nitrogen and oxygen atoms in total. The van der Waals surface area contributed by atoms with Crippen LogP contribution in [0.25, 0.3) is 22.6 Å². The van der Waals surface area contributed by atoms with Crippen molar-refractivity contribution in [1.82, 2.24) is 24.7 Å². The molecule has 0 unspecified atom stereocenters.